The van der Waals surface area contributed by atoms with Gasteiger partial charge in [-0.1, -0.05) is 0 Å². The number of thiophene rings is 1. The Morgan fingerprint density at radius 1 is 1.48 bits per heavy atom. The summed E-state index contributed by atoms with van der Waals surface area (Å²) in [5.41, 5.74) is 0.328. The summed E-state index contributed by atoms with van der Waals surface area (Å²) in [7, 11) is 0. The van der Waals surface area contributed by atoms with E-state index >= 15 is 0 Å². The van der Waals surface area contributed by atoms with Crippen LogP contribution in [0.1, 0.15) is 33.3 Å². The van der Waals surface area contributed by atoms with Gasteiger partial charge in [0.05, 0.1) is 0 Å². The second-order valence-corrected chi connectivity index (χ2v) is 6.65. The fourth-order valence-corrected chi connectivity index (χ4v) is 2.96. The van der Waals surface area contributed by atoms with E-state index in [1.54, 1.807) is 6.20 Å². The maximum absolute atomic E-state index is 12.3. The van der Waals surface area contributed by atoms with Crippen LogP contribution in [-0.4, -0.2) is 34.3 Å². The SMILES string of the molecule is CCOC(O)Cc1cn(C(=O)OC(C)(C)C)c2sccc12. The zero-order valence-electron chi connectivity index (χ0n) is 12.8. The summed E-state index contributed by atoms with van der Waals surface area (Å²) >= 11 is 1.47. The third kappa shape index (κ3) is 3.84. The molecule has 2 heterocycles. The molecule has 1 atom stereocenters. The van der Waals surface area contributed by atoms with E-state index in [4.69, 9.17) is 9.47 Å². The first-order valence-corrected chi connectivity index (χ1v) is 7.80. The number of hydrogen-bond donors (Lipinski definition) is 1. The molecule has 0 aromatic carbocycles. The maximum atomic E-state index is 12.3. The first-order valence-electron chi connectivity index (χ1n) is 6.92. The van der Waals surface area contributed by atoms with E-state index < -0.39 is 18.0 Å². The normalized spacial score (nSPS) is 13.6. The first-order chi connectivity index (χ1) is 9.81. The first kappa shape index (κ1) is 16.0. The number of aliphatic hydroxyl groups is 1. The Morgan fingerprint density at radius 3 is 2.81 bits per heavy atom. The van der Waals surface area contributed by atoms with Crippen molar-refractivity contribution in [3.8, 4) is 0 Å². The van der Waals surface area contributed by atoms with Gasteiger partial charge < -0.3 is 14.6 Å². The van der Waals surface area contributed by atoms with Crippen LogP contribution in [0.2, 0.25) is 0 Å². The van der Waals surface area contributed by atoms with Crippen LogP contribution in [0.4, 0.5) is 4.79 Å². The lowest BCUT2D eigenvalue weighted by Gasteiger charge is -2.19. The minimum Gasteiger partial charge on any atom is -0.443 e. The summed E-state index contributed by atoms with van der Waals surface area (Å²) < 4.78 is 12.1. The molecular weight excluding hydrogens is 290 g/mol. The fourth-order valence-electron chi connectivity index (χ4n) is 2.07. The highest BCUT2D eigenvalue weighted by atomic mass is 32.1. The number of ether oxygens (including phenoxy) is 2. The third-order valence-corrected chi connectivity index (χ3v) is 3.75. The Labute approximate surface area is 128 Å². The summed E-state index contributed by atoms with van der Waals surface area (Å²) in [6.07, 6.45) is 0.786. The molecular formula is C15H21NO4S. The van der Waals surface area contributed by atoms with Gasteiger partial charge in [-0.05, 0) is 44.7 Å². The van der Waals surface area contributed by atoms with Crippen molar-refractivity contribution in [3.63, 3.8) is 0 Å². The number of carbonyl (C=O) groups is 1. The Bertz CT molecular complexity index is 623. The van der Waals surface area contributed by atoms with E-state index in [2.05, 4.69) is 0 Å². The summed E-state index contributed by atoms with van der Waals surface area (Å²) in [5.74, 6) is 0. The molecule has 0 spiro atoms. The summed E-state index contributed by atoms with van der Waals surface area (Å²) in [4.78, 5) is 13.1. The minimum atomic E-state index is -0.868. The topological polar surface area (TPSA) is 60.7 Å². The molecule has 0 aliphatic heterocycles. The smallest absolute Gasteiger partial charge is 0.419 e. The number of nitrogens with zero attached hydrogens (tertiary/aromatic N) is 1. The zero-order valence-corrected chi connectivity index (χ0v) is 13.6. The number of aromatic nitrogens is 1. The van der Waals surface area contributed by atoms with Crippen molar-refractivity contribution in [2.24, 2.45) is 0 Å². The Kier molecular flexibility index (Phi) is 4.70. The van der Waals surface area contributed by atoms with E-state index in [9.17, 15) is 9.90 Å². The number of aliphatic hydroxyl groups excluding tert-OH is 1. The van der Waals surface area contributed by atoms with Crippen LogP contribution in [-0.2, 0) is 15.9 Å². The summed E-state index contributed by atoms with van der Waals surface area (Å²) in [6.45, 7) is 7.77. The van der Waals surface area contributed by atoms with Crippen LogP contribution in [0.25, 0.3) is 10.2 Å². The standard InChI is InChI=1S/C15H21NO4S/c1-5-19-12(17)8-10-9-16(13-11(10)6-7-21-13)14(18)20-15(2,3)4/h6-7,9,12,17H,5,8H2,1-4H3. The van der Waals surface area contributed by atoms with Crippen molar-refractivity contribution in [2.75, 3.05) is 6.61 Å². The molecule has 0 saturated carbocycles. The quantitative estimate of drug-likeness (QED) is 0.879. The second kappa shape index (κ2) is 6.17. The largest absolute Gasteiger partial charge is 0.443 e. The molecule has 0 bridgehead atoms. The van der Waals surface area contributed by atoms with Gasteiger partial charge in [-0.15, -0.1) is 11.3 Å². The molecule has 2 aromatic rings. The molecule has 2 aromatic heterocycles. The van der Waals surface area contributed by atoms with Gasteiger partial charge in [0.25, 0.3) is 0 Å². The van der Waals surface area contributed by atoms with Crippen molar-refractivity contribution >= 4 is 27.6 Å². The Balaban J connectivity index is 2.29. The third-order valence-electron chi connectivity index (χ3n) is 2.84. The van der Waals surface area contributed by atoms with Crippen LogP contribution in [0.5, 0.6) is 0 Å². The highest BCUT2D eigenvalue weighted by molar-refractivity contribution is 7.17. The zero-order chi connectivity index (χ0) is 15.6. The predicted octanol–water partition coefficient (Wildman–Crippen LogP) is 3.38. The summed E-state index contributed by atoms with van der Waals surface area (Å²) in [6, 6.07) is 1.94. The fraction of sp³-hybridized carbons (Fsp3) is 0.533. The van der Waals surface area contributed by atoms with Gasteiger partial charge in [0.2, 0.25) is 0 Å². The highest BCUT2D eigenvalue weighted by Crippen LogP contribution is 2.28. The molecule has 116 valence electrons. The number of fused-ring (bicyclic) bond motifs is 1. The molecule has 5 nitrogen and oxygen atoms in total. The van der Waals surface area contributed by atoms with Gasteiger partial charge in [0.1, 0.15) is 10.4 Å². The number of hydrogen-bond acceptors (Lipinski definition) is 5. The molecule has 0 saturated heterocycles. The minimum absolute atomic E-state index is 0.344. The van der Waals surface area contributed by atoms with E-state index in [-0.39, 0.29) is 0 Å². The molecule has 0 amide bonds. The van der Waals surface area contributed by atoms with E-state index in [1.807, 2.05) is 39.1 Å². The molecule has 0 fully saturated rings. The lowest BCUT2D eigenvalue weighted by atomic mass is 10.2. The molecule has 2 rings (SSSR count). The Hall–Kier alpha value is -1.37. The molecule has 6 heteroatoms. The van der Waals surface area contributed by atoms with Crippen LogP contribution in [0.3, 0.4) is 0 Å². The number of carbonyl (C=O) groups excluding carboxylic acids is 1. The van der Waals surface area contributed by atoms with Crippen LogP contribution >= 0.6 is 11.3 Å². The van der Waals surface area contributed by atoms with Gasteiger partial charge in [0, 0.05) is 24.6 Å². The van der Waals surface area contributed by atoms with Crippen LogP contribution < -0.4 is 0 Å². The van der Waals surface area contributed by atoms with Crippen molar-refractivity contribution in [3.05, 3.63) is 23.2 Å². The molecule has 1 N–H and O–H groups in total. The molecule has 21 heavy (non-hydrogen) atoms. The van der Waals surface area contributed by atoms with Gasteiger partial charge in [0.15, 0.2) is 6.29 Å². The maximum Gasteiger partial charge on any atom is 0.419 e. The lowest BCUT2D eigenvalue weighted by molar-refractivity contribution is -0.0926. The van der Waals surface area contributed by atoms with Gasteiger partial charge in [-0.3, -0.25) is 0 Å². The monoisotopic (exact) mass is 311 g/mol. The molecule has 0 aliphatic rings. The van der Waals surface area contributed by atoms with E-state index in [0.717, 1.165) is 15.8 Å². The Morgan fingerprint density at radius 2 is 2.19 bits per heavy atom. The van der Waals surface area contributed by atoms with E-state index in [1.165, 1.54) is 15.9 Å². The van der Waals surface area contributed by atoms with Gasteiger partial charge in [-0.25, -0.2) is 9.36 Å². The van der Waals surface area contributed by atoms with Crippen molar-refractivity contribution < 1.29 is 19.4 Å². The van der Waals surface area contributed by atoms with Crippen molar-refractivity contribution in [1.29, 1.82) is 0 Å². The second-order valence-electron chi connectivity index (χ2n) is 5.76. The van der Waals surface area contributed by atoms with Crippen molar-refractivity contribution in [2.45, 2.75) is 46.0 Å². The highest BCUT2D eigenvalue weighted by Gasteiger charge is 2.22. The molecule has 0 radical (unpaired) electrons. The molecule has 1 unspecified atom stereocenters. The average molecular weight is 311 g/mol. The average Bonchev–Trinajstić information content (AvgIpc) is 2.90. The van der Waals surface area contributed by atoms with Gasteiger partial charge >= 0.3 is 6.09 Å². The molecule has 0 aliphatic carbocycles. The van der Waals surface area contributed by atoms with Gasteiger partial charge in [-0.2, -0.15) is 0 Å². The van der Waals surface area contributed by atoms with Crippen molar-refractivity contribution in [1.82, 2.24) is 4.57 Å². The number of rotatable bonds is 4. The lowest BCUT2D eigenvalue weighted by Crippen LogP contribution is -2.26. The van der Waals surface area contributed by atoms with Crippen LogP contribution in [0.15, 0.2) is 17.6 Å². The summed E-state index contributed by atoms with van der Waals surface area (Å²) in [5, 5.41) is 12.7. The van der Waals surface area contributed by atoms with E-state index in [0.29, 0.717) is 13.0 Å². The van der Waals surface area contributed by atoms with Crippen LogP contribution in [0, 0.1) is 0 Å². The predicted molar refractivity (Wildman–Crippen MR) is 82.8 cm³/mol.